The smallest absolute Gasteiger partial charge is 0.115 e. The van der Waals surface area contributed by atoms with E-state index in [1.807, 2.05) is 19.1 Å². The van der Waals surface area contributed by atoms with Gasteiger partial charge in [-0.25, -0.2) is 0 Å². The lowest BCUT2D eigenvalue weighted by atomic mass is 9.90. The minimum Gasteiger partial charge on any atom is -0.508 e. The van der Waals surface area contributed by atoms with Gasteiger partial charge in [-0.3, -0.25) is 0 Å². The van der Waals surface area contributed by atoms with Crippen LogP contribution in [0, 0.1) is 0 Å². The molecular weight excluding hydrogens is 238 g/mol. The van der Waals surface area contributed by atoms with E-state index in [1.165, 1.54) is 38.5 Å². The molecule has 0 bridgehead atoms. The first-order valence-electron chi connectivity index (χ1n) is 7.32. The summed E-state index contributed by atoms with van der Waals surface area (Å²) in [5.41, 5.74) is 0.597. The van der Waals surface area contributed by atoms with E-state index >= 15 is 0 Å². The van der Waals surface area contributed by atoms with Crippen molar-refractivity contribution in [1.29, 1.82) is 0 Å². The summed E-state index contributed by atoms with van der Waals surface area (Å²) in [6.45, 7) is 2.10. The zero-order chi connectivity index (χ0) is 13.7. The highest BCUT2D eigenvalue weighted by Gasteiger charge is 2.28. The van der Waals surface area contributed by atoms with Gasteiger partial charge in [0.1, 0.15) is 5.75 Å². The Balaban J connectivity index is 2.10. The number of aliphatic hydroxyl groups excluding tert-OH is 1. The molecule has 1 aliphatic rings. The van der Waals surface area contributed by atoms with Gasteiger partial charge in [-0.1, -0.05) is 37.8 Å². The standard InChI is InChI=1S/C16H25NO2/c1-16(12-18,13-8-10-15(19)11-9-13)17-14-6-4-2-3-5-7-14/h8-11,14,17-19H,2-7,12H2,1H3. The number of hydrogen-bond donors (Lipinski definition) is 3. The van der Waals surface area contributed by atoms with Crippen LogP contribution in [0.4, 0.5) is 0 Å². The van der Waals surface area contributed by atoms with Crippen LogP contribution in [-0.4, -0.2) is 22.9 Å². The Kier molecular flexibility index (Phi) is 4.83. The maximum Gasteiger partial charge on any atom is 0.115 e. The Hall–Kier alpha value is -1.06. The average Bonchev–Trinajstić information content (AvgIpc) is 2.68. The first-order valence-corrected chi connectivity index (χ1v) is 7.32. The summed E-state index contributed by atoms with van der Waals surface area (Å²) in [5, 5.41) is 22.8. The van der Waals surface area contributed by atoms with Gasteiger partial charge in [0, 0.05) is 6.04 Å². The van der Waals surface area contributed by atoms with Crippen LogP contribution in [0.1, 0.15) is 51.0 Å². The summed E-state index contributed by atoms with van der Waals surface area (Å²) in [6, 6.07) is 7.61. The van der Waals surface area contributed by atoms with Crippen LogP contribution in [0.25, 0.3) is 0 Å². The molecule has 1 fully saturated rings. The number of rotatable bonds is 4. The lowest BCUT2D eigenvalue weighted by molar-refractivity contribution is 0.157. The second-order valence-corrected chi connectivity index (χ2v) is 5.87. The Bertz CT molecular complexity index is 382. The molecule has 1 unspecified atom stereocenters. The molecule has 19 heavy (non-hydrogen) atoms. The van der Waals surface area contributed by atoms with Gasteiger partial charge in [0.25, 0.3) is 0 Å². The summed E-state index contributed by atoms with van der Waals surface area (Å²) in [6.07, 6.45) is 7.57. The van der Waals surface area contributed by atoms with Gasteiger partial charge < -0.3 is 15.5 Å². The van der Waals surface area contributed by atoms with E-state index in [9.17, 15) is 10.2 Å². The van der Waals surface area contributed by atoms with E-state index in [2.05, 4.69) is 5.32 Å². The molecule has 3 N–H and O–H groups in total. The highest BCUT2D eigenvalue weighted by molar-refractivity contribution is 5.31. The zero-order valence-electron chi connectivity index (χ0n) is 11.7. The quantitative estimate of drug-likeness (QED) is 0.732. The number of phenols is 1. The van der Waals surface area contributed by atoms with Crippen LogP contribution in [0.3, 0.4) is 0 Å². The third-order valence-electron chi connectivity index (χ3n) is 4.20. The molecule has 3 heteroatoms. The Morgan fingerprint density at radius 2 is 1.68 bits per heavy atom. The highest BCUT2D eigenvalue weighted by atomic mass is 16.3. The van der Waals surface area contributed by atoms with Gasteiger partial charge >= 0.3 is 0 Å². The predicted molar refractivity (Wildman–Crippen MR) is 77.2 cm³/mol. The van der Waals surface area contributed by atoms with E-state index in [0.717, 1.165) is 5.56 Å². The first kappa shape index (κ1) is 14.4. The molecular formula is C16H25NO2. The Labute approximate surface area is 115 Å². The van der Waals surface area contributed by atoms with Crippen molar-refractivity contribution in [3.63, 3.8) is 0 Å². The number of nitrogens with one attached hydrogen (secondary N) is 1. The summed E-state index contributed by atoms with van der Waals surface area (Å²) >= 11 is 0. The molecule has 1 atom stereocenters. The SMILES string of the molecule is CC(CO)(NC1CCCCCC1)c1ccc(O)cc1. The van der Waals surface area contributed by atoms with Crippen molar-refractivity contribution in [1.82, 2.24) is 5.32 Å². The fourth-order valence-corrected chi connectivity index (χ4v) is 2.92. The van der Waals surface area contributed by atoms with E-state index in [4.69, 9.17) is 0 Å². The van der Waals surface area contributed by atoms with E-state index in [0.29, 0.717) is 6.04 Å². The van der Waals surface area contributed by atoms with E-state index in [1.54, 1.807) is 12.1 Å². The largest absolute Gasteiger partial charge is 0.508 e. The molecule has 0 aliphatic heterocycles. The molecule has 0 saturated heterocycles. The molecule has 3 nitrogen and oxygen atoms in total. The lowest BCUT2D eigenvalue weighted by Gasteiger charge is -2.34. The number of phenolic OH excluding ortho intramolecular Hbond substituents is 1. The molecule has 0 heterocycles. The van der Waals surface area contributed by atoms with Crippen LogP contribution >= 0.6 is 0 Å². The third kappa shape index (κ3) is 3.71. The van der Waals surface area contributed by atoms with Crippen molar-refractivity contribution in [2.45, 2.75) is 57.0 Å². The molecule has 0 aromatic heterocycles. The fourth-order valence-electron chi connectivity index (χ4n) is 2.92. The molecule has 0 amide bonds. The van der Waals surface area contributed by atoms with Gasteiger partial charge in [-0.05, 0) is 37.5 Å². The van der Waals surface area contributed by atoms with Gasteiger partial charge in [-0.15, -0.1) is 0 Å². The summed E-state index contributed by atoms with van der Waals surface area (Å²) in [4.78, 5) is 0. The maximum absolute atomic E-state index is 9.78. The van der Waals surface area contributed by atoms with Crippen LogP contribution in [0.2, 0.25) is 0 Å². The van der Waals surface area contributed by atoms with Crippen molar-refractivity contribution in [3.8, 4) is 5.75 Å². The van der Waals surface area contributed by atoms with Gasteiger partial charge in [0.05, 0.1) is 12.1 Å². The molecule has 0 spiro atoms. The second-order valence-electron chi connectivity index (χ2n) is 5.87. The minimum atomic E-state index is -0.428. The van der Waals surface area contributed by atoms with Crippen molar-refractivity contribution >= 4 is 0 Å². The van der Waals surface area contributed by atoms with E-state index < -0.39 is 5.54 Å². The van der Waals surface area contributed by atoms with Crippen molar-refractivity contribution in [3.05, 3.63) is 29.8 Å². The molecule has 0 radical (unpaired) electrons. The first-order chi connectivity index (χ1) is 9.14. The van der Waals surface area contributed by atoms with Crippen molar-refractivity contribution < 1.29 is 10.2 Å². The third-order valence-corrected chi connectivity index (χ3v) is 4.20. The van der Waals surface area contributed by atoms with E-state index in [-0.39, 0.29) is 12.4 Å². The molecule has 1 aromatic carbocycles. The summed E-state index contributed by atoms with van der Waals surface area (Å²) < 4.78 is 0. The van der Waals surface area contributed by atoms with Crippen LogP contribution < -0.4 is 5.32 Å². The maximum atomic E-state index is 9.78. The monoisotopic (exact) mass is 263 g/mol. The summed E-state index contributed by atoms with van der Waals surface area (Å²) in [7, 11) is 0. The minimum absolute atomic E-state index is 0.0638. The average molecular weight is 263 g/mol. The number of benzene rings is 1. The normalized spacial score (nSPS) is 20.7. The molecule has 1 aromatic rings. The van der Waals surface area contributed by atoms with Crippen LogP contribution in [0.15, 0.2) is 24.3 Å². The zero-order valence-corrected chi connectivity index (χ0v) is 11.7. The Morgan fingerprint density at radius 1 is 1.11 bits per heavy atom. The van der Waals surface area contributed by atoms with Crippen LogP contribution in [-0.2, 0) is 5.54 Å². The molecule has 1 saturated carbocycles. The number of aliphatic hydroxyl groups is 1. The second kappa shape index (κ2) is 6.40. The van der Waals surface area contributed by atoms with Crippen molar-refractivity contribution in [2.24, 2.45) is 0 Å². The van der Waals surface area contributed by atoms with Crippen molar-refractivity contribution in [2.75, 3.05) is 6.61 Å². The molecule has 2 rings (SSSR count). The molecule has 1 aliphatic carbocycles. The predicted octanol–water partition coefficient (Wildman–Crippen LogP) is 2.91. The van der Waals surface area contributed by atoms with Crippen LogP contribution in [0.5, 0.6) is 5.75 Å². The Morgan fingerprint density at radius 3 is 2.21 bits per heavy atom. The van der Waals surface area contributed by atoms with Gasteiger partial charge in [0.2, 0.25) is 0 Å². The highest BCUT2D eigenvalue weighted by Crippen LogP contribution is 2.26. The topological polar surface area (TPSA) is 52.5 Å². The van der Waals surface area contributed by atoms with Gasteiger partial charge in [-0.2, -0.15) is 0 Å². The number of aromatic hydroxyl groups is 1. The lowest BCUT2D eigenvalue weighted by Crippen LogP contribution is -2.48. The summed E-state index contributed by atoms with van der Waals surface area (Å²) in [5.74, 6) is 0.263. The molecule has 106 valence electrons. The number of hydrogen-bond acceptors (Lipinski definition) is 3. The van der Waals surface area contributed by atoms with Gasteiger partial charge in [0.15, 0.2) is 0 Å². The fraction of sp³-hybridized carbons (Fsp3) is 0.625.